The normalized spacial score (nSPS) is 12.0. The maximum absolute atomic E-state index is 5.00. The lowest BCUT2D eigenvalue weighted by molar-refractivity contribution is -0.691. The van der Waals surface area contributed by atoms with E-state index in [1.54, 1.807) is 0 Å². The Balaban J connectivity index is 1.17. The molecule has 0 aliphatic rings. The molecule has 0 saturated carbocycles. The number of para-hydroxylation sites is 3. The maximum atomic E-state index is 5.00. The highest BCUT2D eigenvalue weighted by Crippen LogP contribution is 2.39. The molecule has 0 unspecified atom stereocenters. The van der Waals surface area contributed by atoms with Crippen molar-refractivity contribution in [2.75, 3.05) is 0 Å². The Kier molecular flexibility index (Phi) is 7.62. The van der Waals surface area contributed by atoms with Gasteiger partial charge < -0.3 is 0 Å². The van der Waals surface area contributed by atoms with Gasteiger partial charge in [-0.1, -0.05) is 123 Å². The molecular formula is C48H41N4+. The van der Waals surface area contributed by atoms with Gasteiger partial charge in [0, 0.05) is 22.4 Å². The molecule has 0 aliphatic heterocycles. The molecule has 4 nitrogen and oxygen atoms in total. The summed E-state index contributed by atoms with van der Waals surface area (Å²) in [6.07, 6.45) is 4.19. The number of hydrogen-bond donors (Lipinski definition) is 0. The molecule has 0 radical (unpaired) electrons. The fourth-order valence-corrected chi connectivity index (χ4v) is 7.88. The van der Waals surface area contributed by atoms with Crippen molar-refractivity contribution in [3.63, 3.8) is 0 Å². The Morgan fingerprint density at radius 2 is 1.23 bits per heavy atom. The van der Waals surface area contributed by atoms with Crippen LogP contribution in [0.2, 0.25) is 0 Å². The summed E-state index contributed by atoms with van der Waals surface area (Å²) in [6, 6.07) is 57.3. The predicted octanol–water partition coefficient (Wildman–Crippen LogP) is 11.7. The van der Waals surface area contributed by atoms with E-state index in [1.807, 2.05) is 6.20 Å². The van der Waals surface area contributed by atoms with Crippen molar-refractivity contribution in [2.45, 2.75) is 39.2 Å². The van der Waals surface area contributed by atoms with E-state index < -0.39 is 0 Å². The molecule has 4 heteroatoms. The highest BCUT2D eigenvalue weighted by atomic mass is 15.1. The second kappa shape index (κ2) is 12.5. The van der Waals surface area contributed by atoms with E-state index in [4.69, 9.17) is 4.98 Å². The Bertz CT molecular complexity index is 2750. The summed E-state index contributed by atoms with van der Waals surface area (Å²) in [7, 11) is 0. The summed E-state index contributed by atoms with van der Waals surface area (Å²) in [5.41, 5.74) is 12.9. The van der Waals surface area contributed by atoms with Crippen molar-refractivity contribution in [1.29, 1.82) is 0 Å². The van der Waals surface area contributed by atoms with Gasteiger partial charge in [-0.2, -0.15) is 4.57 Å². The van der Waals surface area contributed by atoms with E-state index >= 15 is 0 Å². The van der Waals surface area contributed by atoms with Gasteiger partial charge in [0.1, 0.15) is 11.5 Å². The highest BCUT2D eigenvalue weighted by molar-refractivity contribution is 6.09. The molecule has 52 heavy (non-hydrogen) atoms. The topological polar surface area (TPSA) is 26.6 Å². The van der Waals surface area contributed by atoms with Crippen LogP contribution in [0.4, 0.5) is 0 Å². The third-order valence-electron chi connectivity index (χ3n) is 10.8. The van der Waals surface area contributed by atoms with Gasteiger partial charge in [-0.3, -0.25) is 4.57 Å². The predicted molar refractivity (Wildman–Crippen MR) is 215 cm³/mol. The number of imidazole rings is 1. The first-order valence-corrected chi connectivity index (χ1v) is 18.2. The summed E-state index contributed by atoms with van der Waals surface area (Å²) in [5.74, 6) is 0.904. The van der Waals surface area contributed by atoms with Gasteiger partial charge in [-0.15, -0.1) is 0 Å². The molecule has 0 N–H and O–H groups in total. The van der Waals surface area contributed by atoms with Gasteiger partial charge in [-0.25, -0.2) is 9.55 Å². The van der Waals surface area contributed by atoms with E-state index in [1.165, 1.54) is 49.6 Å². The molecule has 6 aromatic carbocycles. The Hall–Kier alpha value is -6.26. The Morgan fingerprint density at radius 1 is 0.558 bits per heavy atom. The summed E-state index contributed by atoms with van der Waals surface area (Å²) >= 11 is 0. The van der Waals surface area contributed by atoms with E-state index in [2.05, 4.69) is 205 Å². The second-order valence-electron chi connectivity index (χ2n) is 14.5. The van der Waals surface area contributed by atoms with E-state index in [9.17, 15) is 0 Å². The third-order valence-corrected chi connectivity index (χ3v) is 10.8. The molecule has 252 valence electrons. The molecule has 9 aromatic rings. The van der Waals surface area contributed by atoms with E-state index in [0.717, 1.165) is 28.1 Å². The summed E-state index contributed by atoms with van der Waals surface area (Å²) < 4.78 is 7.01. The summed E-state index contributed by atoms with van der Waals surface area (Å²) in [6.45, 7) is 9.14. The van der Waals surface area contributed by atoms with Gasteiger partial charge in [0.2, 0.25) is 6.33 Å². The van der Waals surface area contributed by atoms with Crippen LogP contribution in [0.25, 0.3) is 66.6 Å². The molecule has 0 spiro atoms. The fraction of sp³-hybridized carbons (Fsp3) is 0.125. The van der Waals surface area contributed by atoms with Crippen molar-refractivity contribution in [3.8, 4) is 33.8 Å². The molecule has 0 aliphatic carbocycles. The van der Waals surface area contributed by atoms with Crippen LogP contribution in [0.5, 0.6) is 0 Å². The Morgan fingerprint density at radius 3 is 2.04 bits per heavy atom. The average molecular weight is 674 g/mol. The second-order valence-corrected chi connectivity index (χ2v) is 14.5. The molecule has 0 atom stereocenters. The molecule has 0 amide bonds. The van der Waals surface area contributed by atoms with Crippen molar-refractivity contribution in [2.24, 2.45) is 0 Å². The van der Waals surface area contributed by atoms with Crippen molar-refractivity contribution in [3.05, 3.63) is 181 Å². The van der Waals surface area contributed by atoms with E-state index in [-0.39, 0.29) is 5.41 Å². The van der Waals surface area contributed by atoms with Crippen molar-refractivity contribution >= 4 is 32.8 Å². The van der Waals surface area contributed by atoms with Crippen LogP contribution in [0.3, 0.4) is 0 Å². The van der Waals surface area contributed by atoms with Gasteiger partial charge >= 0.3 is 0 Å². The minimum atomic E-state index is -0.271. The molecule has 0 saturated heterocycles. The zero-order chi connectivity index (χ0) is 35.4. The van der Waals surface area contributed by atoms with Crippen LogP contribution < -0.4 is 4.57 Å². The SMILES string of the molecule is CC(C)[n+]1cn(-c2cccc(C(C)(C)c3ccc4c5ccccc5n(-c5cc(-c6ccccc6-c6ccccc6)ccn5)c4c3)c2)c2ccccc21. The first-order valence-electron chi connectivity index (χ1n) is 18.2. The van der Waals surface area contributed by atoms with Crippen molar-refractivity contribution < 1.29 is 4.57 Å². The van der Waals surface area contributed by atoms with Gasteiger partial charge in [0.15, 0.2) is 11.0 Å². The zero-order valence-corrected chi connectivity index (χ0v) is 30.0. The minimum Gasteiger partial charge on any atom is -0.294 e. The first kappa shape index (κ1) is 31.7. The quantitative estimate of drug-likeness (QED) is 0.155. The lowest BCUT2D eigenvalue weighted by atomic mass is 9.77. The lowest BCUT2D eigenvalue weighted by Crippen LogP contribution is -2.34. The van der Waals surface area contributed by atoms with Crippen LogP contribution in [-0.4, -0.2) is 14.1 Å². The lowest BCUT2D eigenvalue weighted by Gasteiger charge is -2.26. The van der Waals surface area contributed by atoms with Crippen LogP contribution >= 0.6 is 0 Å². The van der Waals surface area contributed by atoms with Crippen LogP contribution in [0.1, 0.15) is 44.9 Å². The first-order chi connectivity index (χ1) is 25.4. The zero-order valence-electron chi connectivity index (χ0n) is 30.0. The molecular weight excluding hydrogens is 633 g/mol. The standard InChI is InChI=1S/C48H41N4/c1-33(2)50-32-51(45-24-13-12-23-44(45)50)38-18-14-17-36(30-38)48(3,4)37-25-26-42-41-21-10-11-22-43(41)52(46(42)31-37)47-29-35(27-28-49-47)40-20-9-8-19-39(40)34-15-6-5-7-16-34/h5-33H,1-4H3/q+1. The number of benzene rings is 6. The molecule has 3 heterocycles. The number of hydrogen-bond acceptors (Lipinski definition) is 1. The van der Waals surface area contributed by atoms with Crippen LogP contribution in [-0.2, 0) is 5.41 Å². The average Bonchev–Trinajstić information content (AvgIpc) is 3.75. The third kappa shape index (κ3) is 5.22. The molecule has 0 bridgehead atoms. The molecule has 0 fully saturated rings. The molecule has 3 aromatic heterocycles. The fourth-order valence-electron chi connectivity index (χ4n) is 7.88. The maximum Gasteiger partial charge on any atom is 0.250 e. The largest absolute Gasteiger partial charge is 0.294 e. The molecule has 9 rings (SSSR count). The number of nitrogens with zero attached hydrogens (tertiary/aromatic N) is 4. The minimum absolute atomic E-state index is 0.271. The number of fused-ring (bicyclic) bond motifs is 4. The number of aromatic nitrogens is 4. The Labute approximate surface area is 304 Å². The summed E-state index contributed by atoms with van der Waals surface area (Å²) in [4.78, 5) is 5.00. The highest BCUT2D eigenvalue weighted by Gasteiger charge is 2.27. The van der Waals surface area contributed by atoms with Crippen molar-refractivity contribution in [1.82, 2.24) is 14.1 Å². The summed E-state index contributed by atoms with van der Waals surface area (Å²) in [5, 5.41) is 2.44. The van der Waals surface area contributed by atoms with Gasteiger partial charge in [0.05, 0.1) is 17.1 Å². The smallest absolute Gasteiger partial charge is 0.250 e. The van der Waals surface area contributed by atoms with Gasteiger partial charge in [0.25, 0.3) is 0 Å². The van der Waals surface area contributed by atoms with Gasteiger partial charge in [-0.05, 0) is 95.8 Å². The van der Waals surface area contributed by atoms with E-state index in [0.29, 0.717) is 6.04 Å². The monoisotopic (exact) mass is 673 g/mol. The number of pyridine rings is 1. The van der Waals surface area contributed by atoms with Crippen LogP contribution in [0.15, 0.2) is 170 Å². The van der Waals surface area contributed by atoms with Crippen LogP contribution in [0, 0.1) is 0 Å². The number of rotatable bonds is 7.